The van der Waals surface area contributed by atoms with Crippen molar-refractivity contribution in [3.05, 3.63) is 78.4 Å². The third kappa shape index (κ3) is 3.69. The first-order valence-corrected chi connectivity index (χ1v) is 9.07. The molecule has 1 aromatic heterocycles. The smallest absolute Gasteiger partial charge is 0.227 e. The van der Waals surface area contributed by atoms with Crippen molar-refractivity contribution in [2.24, 2.45) is 0 Å². The lowest BCUT2D eigenvalue weighted by Gasteiger charge is -2.35. The monoisotopic (exact) mass is 364 g/mol. The van der Waals surface area contributed by atoms with Crippen molar-refractivity contribution >= 4 is 11.9 Å². The number of piperazine rings is 1. The summed E-state index contributed by atoms with van der Waals surface area (Å²) < 4.78 is 15.9. The quantitative estimate of drug-likeness (QED) is 0.715. The molecule has 4 rings (SSSR count). The summed E-state index contributed by atoms with van der Waals surface area (Å²) in [7, 11) is 0. The van der Waals surface area contributed by atoms with Crippen molar-refractivity contribution in [3.63, 3.8) is 0 Å². The van der Waals surface area contributed by atoms with Crippen molar-refractivity contribution in [1.29, 1.82) is 0 Å². The molecule has 138 valence electrons. The molecule has 6 heteroatoms. The topological polar surface area (TPSA) is 41.4 Å². The van der Waals surface area contributed by atoms with E-state index in [1.54, 1.807) is 29.1 Å². The predicted octanol–water partition coefficient (Wildman–Crippen LogP) is 2.90. The summed E-state index contributed by atoms with van der Waals surface area (Å²) in [5.41, 5.74) is 1.51. The van der Waals surface area contributed by atoms with Crippen LogP contribution in [-0.2, 0) is 11.2 Å². The normalized spacial score (nSPS) is 14.4. The highest BCUT2D eigenvalue weighted by atomic mass is 19.1. The molecule has 0 unspecified atom stereocenters. The Balaban J connectivity index is 1.43. The summed E-state index contributed by atoms with van der Waals surface area (Å²) in [6.45, 7) is 2.61. The number of nitrogens with zero attached hydrogens (tertiary/aromatic N) is 4. The number of rotatable bonds is 4. The maximum absolute atomic E-state index is 14.2. The second kappa shape index (κ2) is 7.61. The van der Waals surface area contributed by atoms with Gasteiger partial charge >= 0.3 is 0 Å². The highest BCUT2D eigenvalue weighted by molar-refractivity contribution is 5.79. The number of imidazole rings is 1. The van der Waals surface area contributed by atoms with E-state index >= 15 is 0 Å². The molecule has 3 aromatic rings. The first-order chi connectivity index (χ1) is 13.2. The number of para-hydroxylation sites is 1. The zero-order valence-corrected chi connectivity index (χ0v) is 15.0. The van der Waals surface area contributed by atoms with Crippen LogP contribution in [0.2, 0.25) is 0 Å². The van der Waals surface area contributed by atoms with Gasteiger partial charge in [-0.15, -0.1) is 0 Å². The fourth-order valence-electron chi connectivity index (χ4n) is 3.40. The van der Waals surface area contributed by atoms with Gasteiger partial charge in [-0.2, -0.15) is 0 Å². The van der Waals surface area contributed by atoms with Gasteiger partial charge in [0.15, 0.2) is 0 Å². The van der Waals surface area contributed by atoms with E-state index < -0.39 is 0 Å². The lowest BCUT2D eigenvalue weighted by molar-refractivity contribution is -0.130. The van der Waals surface area contributed by atoms with Crippen molar-refractivity contribution in [1.82, 2.24) is 14.5 Å². The van der Waals surface area contributed by atoms with E-state index in [2.05, 4.69) is 9.88 Å². The van der Waals surface area contributed by atoms with Crippen LogP contribution in [0.5, 0.6) is 0 Å². The van der Waals surface area contributed by atoms with Gasteiger partial charge in [-0.1, -0.05) is 42.5 Å². The van der Waals surface area contributed by atoms with Gasteiger partial charge in [-0.3, -0.25) is 9.36 Å². The second-order valence-electron chi connectivity index (χ2n) is 6.58. The van der Waals surface area contributed by atoms with Gasteiger partial charge in [0.2, 0.25) is 11.9 Å². The fraction of sp³-hybridized carbons (Fsp3) is 0.238. The summed E-state index contributed by atoms with van der Waals surface area (Å²) in [4.78, 5) is 20.9. The van der Waals surface area contributed by atoms with Crippen LogP contribution in [0.15, 0.2) is 67.0 Å². The SMILES string of the molecule is O=C(Cc1ccccc1)N1CCN(c2nccn2-c2ccccc2F)CC1. The molecule has 0 radical (unpaired) electrons. The van der Waals surface area contributed by atoms with Crippen molar-refractivity contribution < 1.29 is 9.18 Å². The largest absolute Gasteiger partial charge is 0.339 e. The Bertz CT molecular complexity index is 917. The molecule has 2 heterocycles. The van der Waals surface area contributed by atoms with Gasteiger partial charge in [-0.25, -0.2) is 9.37 Å². The summed E-state index contributed by atoms with van der Waals surface area (Å²) in [5, 5.41) is 0. The predicted molar refractivity (Wildman–Crippen MR) is 102 cm³/mol. The lowest BCUT2D eigenvalue weighted by Crippen LogP contribution is -2.49. The number of aromatic nitrogens is 2. The molecule has 0 saturated carbocycles. The van der Waals surface area contributed by atoms with Gasteiger partial charge in [0.05, 0.1) is 12.1 Å². The van der Waals surface area contributed by atoms with E-state index in [1.165, 1.54) is 6.07 Å². The van der Waals surface area contributed by atoms with Crippen molar-refractivity contribution in [2.75, 3.05) is 31.1 Å². The van der Waals surface area contributed by atoms with E-state index in [-0.39, 0.29) is 11.7 Å². The Morgan fingerprint density at radius 3 is 2.41 bits per heavy atom. The number of anilines is 1. The van der Waals surface area contributed by atoms with E-state index in [4.69, 9.17) is 0 Å². The first kappa shape index (κ1) is 17.3. The number of amides is 1. The van der Waals surface area contributed by atoms with Gasteiger partial charge in [0.25, 0.3) is 0 Å². The van der Waals surface area contributed by atoms with Crippen LogP contribution in [0.4, 0.5) is 10.3 Å². The number of hydrogen-bond acceptors (Lipinski definition) is 3. The fourth-order valence-corrected chi connectivity index (χ4v) is 3.40. The summed E-state index contributed by atoms with van der Waals surface area (Å²) in [6, 6.07) is 16.4. The minimum Gasteiger partial charge on any atom is -0.339 e. The molecule has 0 N–H and O–H groups in total. The van der Waals surface area contributed by atoms with Crippen LogP contribution in [0.1, 0.15) is 5.56 Å². The molecule has 1 aliphatic heterocycles. The molecule has 0 bridgehead atoms. The third-order valence-electron chi connectivity index (χ3n) is 4.85. The molecule has 1 saturated heterocycles. The summed E-state index contributed by atoms with van der Waals surface area (Å²) in [6.07, 6.45) is 3.86. The van der Waals surface area contributed by atoms with Crippen LogP contribution in [0, 0.1) is 5.82 Å². The number of halogens is 1. The highest BCUT2D eigenvalue weighted by Crippen LogP contribution is 2.22. The standard InChI is InChI=1S/C21H21FN4O/c22-18-8-4-5-9-19(18)26-11-10-23-21(26)25-14-12-24(13-15-25)20(27)16-17-6-2-1-3-7-17/h1-11H,12-16H2. The average Bonchev–Trinajstić information content (AvgIpc) is 3.19. The van der Waals surface area contributed by atoms with Gasteiger partial charge in [0, 0.05) is 38.6 Å². The van der Waals surface area contributed by atoms with Gasteiger partial charge in [-0.05, 0) is 17.7 Å². The maximum atomic E-state index is 14.2. The molecule has 1 aliphatic rings. The van der Waals surface area contributed by atoms with Crippen LogP contribution >= 0.6 is 0 Å². The molecular formula is C21H21FN4O. The Labute approximate surface area is 157 Å². The zero-order chi connectivity index (χ0) is 18.6. The average molecular weight is 364 g/mol. The minimum atomic E-state index is -0.284. The number of carbonyl (C=O) groups is 1. The lowest BCUT2D eigenvalue weighted by atomic mass is 10.1. The molecule has 0 spiro atoms. The Morgan fingerprint density at radius 2 is 1.67 bits per heavy atom. The van der Waals surface area contributed by atoms with Gasteiger partial charge < -0.3 is 9.80 Å². The zero-order valence-electron chi connectivity index (χ0n) is 15.0. The number of benzene rings is 2. The minimum absolute atomic E-state index is 0.137. The summed E-state index contributed by atoms with van der Waals surface area (Å²) in [5.74, 6) is 0.557. The van der Waals surface area contributed by atoms with E-state index in [0.717, 1.165) is 5.56 Å². The highest BCUT2D eigenvalue weighted by Gasteiger charge is 2.24. The Hall–Kier alpha value is -3.15. The summed E-state index contributed by atoms with van der Waals surface area (Å²) >= 11 is 0. The van der Waals surface area contributed by atoms with E-state index in [9.17, 15) is 9.18 Å². The molecule has 0 atom stereocenters. The Morgan fingerprint density at radius 1 is 0.963 bits per heavy atom. The van der Waals surface area contributed by atoms with Gasteiger partial charge in [0.1, 0.15) is 5.82 Å². The number of carbonyl (C=O) groups excluding carboxylic acids is 1. The molecule has 5 nitrogen and oxygen atoms in total. The van der Waals surface area contributed by atoms with Crippen molar-refractivity contribution in [3.8, 4) is 5.69 Å². The molecule has 0 aliphatic carbocycles. The van der Waals surface area contributed by atoms with Crippen molar-refractivity contribution in [2.45, 2.75) is 6.42 Å². The third-order valence-corrected chi connectivity index (χ3v) is 4.85. The van der Waals surface area contributed by atoms with E-state index in [0.29, 0.717) is 44.2 Å². The van der Waals surface area contributed by atoms with E-state index in [1.807, 2.05) is 41.3 Å². The molecule has 2 aromatic carbocycles. The molecular weight excluding hydrogens is 343 g/mol. The van der Waals surface area contributed by atoms with Crippen LogP contribution in [0.25, 0.3) is 5.69 Å². The molecule has 27 heavy (non-hydrogen) atoms. The van der Waals surface area contributed by atoms with Crippen LogP contribution in [-0.4, -0.2) is 46.5 Å². The van der Waals surface area contributed by atoms with Crippen LogP contribution < -0.4 is 4.90 Å². The maximum Gasteiger partial charge on any atom is 0.227 e. The number of hydrogen-bond donors (Lipinski definition) is 0. The van der Waals surface area contributed by atoms with Crippen LogP contribution in [0.3, 0.4) is 0 Å². The Kier molecular flexibility index (Phi) is 4.87. The second-order valence-corrected chi connectivity index (χ2v) is 6.58. The first-order valence-electron chi connectivity index (χ1n) is 9.07. The molecule has 1 amide bonds. The molecule has 1 fully saturated rings.